The van der Waals surface area contributed by atoms with E-state index in [9.17, 15) is 0 Å². The molecule has 0 bridgehead atoms. The minimum Gasteiger partial charge on any atom is -0.338 e. The zero-order valence-corrected chi connectivity index (χ0v) is 16.7. The first-order valence-corrected chi connectivity index (χ1v) is 10.3. The first kappa shape index (κ1) is 18.4. The molecule has 5 heteroatoms. The maximum absolute atomic E-state index is 4.94. The molecule has 0 radical (unpaired) electrons. The largest absolute Gasteiger partial charge is 0.338 e. The molecule has 1 aromatic heterocycles. The molecule has 5 nitrogen and oxygen atoms in total. The summed E-state index contributed by atoms with van der Waals surface area (Å²) < 4.78 is 0. The Bertz CT molecular complexity index is 767. The Labute approximate surface area is 163 Å². The second kappa shape index (κ2) is 8.36. The van der Waals surface area contributed by atoms with E-state index in [-0.39, 0.29) is 0 Å². The Hall–Kier alpha value is -1.98. The van der Waals surface area contributed by atoms with Crippen LogP contribution in [0.5, 0.6) is 0 Å². The third-order valence-corrected chi connectivity index (χ3v) is 5.85. The predicted octanol–water partition coefficient (Wildman–Crippen LogP) is 2.88. The number of hydrogen-bond donors (Lipinski definition) is 0. The number of anilines is 1. The fourth-order valence-corrected chi connectivity index (χ4v) is 4.17. The molecule has 3 heterocycles. The van der Waals surface area contributed by atoms with Gasteiger partial charge in [-0.1, -0.05) is 31.2 Å². The van der Waals surface area contributed by atoms with E-state index >= 15 is 0 Å². The molecular weight excluding hydrogens is 334 g/mol. The van der Waals surface area contributed by atoms with Gasteiger partial charge in [-0.05, 0) is 31.0 Å². The van der Waals surface area contributed by atoms with E-state index in [1.54, 1.807) is 0 Å². The fraction of sp³-hybridized carbons (Fsp3) is 0.545. The highest BCUT2D eigenvalue weighted by molar-refractivity contribution is 5.35. The van der Waals surface area contributed by atoms with E-state index < -0.39 is 0 Å². The van der Waals surface area contributed by atoms with Gasteiger partial charge in [-0.2, -0.15) is 0 Å². The van der Waals surface area contributed by atoms with Crippen LogP contribution >= 0.6 is 0 Å². The van der Waals surface area contributed by atoms with Crippen molar-refractivity contribution in [3.63, 3.8) is 0 Å². The highest BCUT2D eigenvalue weighted by Gasteiger charge is 2.22. The average Bonchev–Trinajstić information content (AvgIpc) is 2.70. The van der Waals surface area contributed by atoms with Crippen molar-refractivity contribution in [3.05, 3.63) is 52.8 Å². The Morgan fingerprint density at radius 2 is 1.81 bits per heavy atom. The highest BCUT2D eigenvalue weighted by atomic mass is 15.3. The van der Waals surface area contributed by atoms with Crippen LogP contribution in [0.25, 0.3) is 0 Å². The van der Waals surface area contributed by atoms with Gasteiger partial charge in [-0.25, -0.2) is 9.97 Å². The quantitative estimate of drug-likeness (QED) is 0.814. The molecule has 2 aliphatic rings. The Morgan fingerprint density at radius 3 is 2.59 bits per heavy atom. The van der Waals surface area contributed by atoms with Crippen molar-refractivity contribution in [3.8, 4) is 0 Å². The van der Waals surface area contributed by atoms with Gasteiger partial charge in [-0.15, -0.1) is 0 Å². The number of aryl methyl sites for hydroxylation is 1. The lowest BCUT2D eigenvalue weighted by Gasteiger charge is -2.35. The van der Waals surface area contributed by atoms with Crippen molar-refractivity contribution in [1.82, 2.24) is 19.8 Å². The lowest BCUT2D eigenvalue weighted by atomic mass is 10.0. The second-order valence-corrected chi connectivity index (χ2v) is 7.86. The molecule has 4 rings (SSSR count). The number of hydrogen-bond acceptors (Lipinski definition) is 5. The Kier molecular flexibility index (Phi) is 5.69. The van der Waals surface area contributed by atoms with Gasteiger partial charge in [0.05, 0.1) is 5.69 Å². The smallest absolute Gasteiger partial charge is 0.225 e. The van der Waals surface area contributed by atoms with Crippen LogP contribution < -0.4 is 4.90 Å². The number of nitrogens with zero attached hydrogens (tertiary/aromatic N) is 5. The molecule has 0 spiro atoms. The third kappa shape index (κ3) is 4.30. The molecule has 1 fully saturated rings. The third-order valence-electron chi connectivity index (χ3n) is 5.85. The maximum atomic E-state index is 4.94. The van der Waals surface area contributed by atoms with Gasteiger partial charge in [0.15, 0.2) is 0 Å². The van der Waals surface area contributed by atoms with E-state index in [2.05, 4.69) is 59.0 Å². The van der Waals surface area contributed by atoms with Gasteiger partial charge >= 0.3 is 0 Å². The van der Waals surface area contributed by atoms with Crippen LogP contribution in [0.1, 0.15) is 35.7 Å². The zero-order valence-electron chi connectivity index (χ0n) is 16.7. The molecule has 0 amide bonds. The van der Waals surface area contributed by atoms with Crippen molar-refractivity contribution in [2.24, 2.45) is 0 Å². The maximum Gasteiger partial charge on any atom is 0.225 e. The second-order valence-electron chi connectivity index (χ2n) is 7.86. The van der Waals surface area contributed by atoms with E-state index in [4.69, 9.17) is 9.97 Å². The summed E-state index contributed by atoms with van der Waals surface area (Å²) in [6.45, 7) is 13.0. The molecule has 144 valence electrons. The first-order chi connectivity index (χ1) is 13.2. The summed E-state index contributed by atoms with van der Waals surface area (Å²) in [4.78, 5) is 17.1. The summed E-state index contributed by atoms with van der Waals surface area (Å²) in [6.07, 6.45) is 4.32. The molecular formula is C22H31N5. The molecule has 0 atom stereocenters. The van der Waals surface area contributed by atoms with E-state index in [1.165, 1.54) is 35.3 Å². The van der Waals surface area contributed by atoms with Crippen LogP contribution in [0.4, 0.5) is 5.95 Å². The molecule has 0 unspecified atom stereocenters. The molecule has 0 aliphatic carbocycles. The Balaban J connectivity index is 1.39. The zero-order chi connectivity index (χ0) is 18.6. The van der Waals surface area contributed by atoms with E-state index in [0.29, 0.717) is 0 Å². The van der Waals surface area contributed by atoms with Crippen LogP contribution in [0.15, 0.2) is 30.5 Å². The molecule has 27 heavy (non-hydrogen) atoms. The SMILES string of the molecule is CCCN1CCN(c2ncc3c(n2)CCN(Cc2ccccc2C)C3)CC1. The van der Waals surface area contributed by atoms with Crippen LogP contribution in [0.3, 0.4) is 0 Å². The van der Waals surface area contributed by atoms with Crippen LogP contribution in [0, 0.1) is 6.92 Å². The number of fused-ring (bicyclic) bond motifs is 1. The highest BCUT2D eigenvalue weighted by Crippen LogP contribution is 2.22. The van der Waals surface area contributed by atoms with Crippen LogP contribution in [0.2, 0.25) is 0 Å². The summed E-state index contributed by atoms with van der Waals surface area (Å²) in [7, 11) is 0. The van der Waals surface area contributed by atoms with Crippen LogP contribution in [-0.4, -0.2) is 59.0 Å². The van der Waals surface area contributed by atoms with Crippen LogP contribution in [-0.2, 0) is 19.5 Å². The van der Waals surface area contributed by atoms with Gasteiger partial charge in [0, 0.05) is 64.0 Å². The van der Waals surface area contributed by atoms with Crippen molar-refractivity contribution < 1.29 is 0 Å². The first-order valence-electron chi connectivity index (χ1n) is 10.3. The van der Waals surface area contributed by atoms with E-state index in [0.717, 1.165) is 58.2 Å². The summed E-state index contributed by atoms with van der Waals surface area (Å²) >= 11 is 0. The molecule has 1 saturated heterocycles. The predicted molar refractivity (Wildman–Crippen MR) is 110 cm³/mol. The molecule has 2 aliphatic heterocycles. The number of aromatic nitrogens is 2. The van der Waals surface area contributed by atoms with Crippen molar-refractivity contribution in [2.45, 2.75) is 39.8 Å². The molecule has 0 saturated carbocycles. The Morgan fingerprint density at radius 1 is 1.00 bits per heavy atom. The van der Waals surface area contributed by atoms with Crippen molar-refractivity contribution in [1.29, 1.82) is 0 Å². The van der Waals surface area contributed by atoms with Gasteiger partial charge < -0.3 is 4.90 Å². The minimum atomic E-state index is 0.928. The van der Waals surface area contributed by atoms with Crippen molar-refractivity contribution in [2.75, 3.05) is 44.2 Å². The number of benzene rings is 1. The lowest BCUT2D eigenvalue weighted by Crippen LogP contribution is -2.47. The number of rotatable bonds is 5. The molecule has 2 aromatic rings. The van der Waals surface area contributed by atoms with Gasteiger partial charge in [-0.3, -0.25) is 9.80 Å². The summed E-state index contributed by atoms with van der Waals surface area (Å²) in [5.41, 5.74) is 5.33. The van der Waals surface area contributed by atoms with Gasteiger partial charge in [0.25, 0.3) is 0 Å². The van der Waals surface area contributed by atoms with Gasteiger partial charge in [0.2, 0.25) is 5.95 Å². The monoisotopic (exact) mass is 365 g/mol. The summed E-state index contributed by atoms with van der Waals surface area (Å²) in [5.74, 6) is 0.928. The summed E-state index contributed by atoms with van der Waals surface area (Å²) in [6, 6.07) is 8.68. The average molecular weight is 366 g/mol. The number of piperazine rings is 1. The normalized spacial score (nSPS) is 18.5. The van der Waals surface area contributed by atoms with Crippen molar-refractivity contribution >= 4 is 5.95 Å². The fourth-order valence-electron chi connectivity index (χ4n) is 4.17. The lowest BCUT2D eigenvalue weighted by molar-refractivity contribution is 0.241. The topological polar surface area (TPSA) is 35.5 Å². The standard InChI is InChI=1S/C22H31N5/c1-3-9-25-11-13-27(14-12-25)22-23-15-20-17-26(10-8-21(20)24-22)16-19-7-5-4-6-18(19)2/h4-7,15H,3,8-14,16-17H2,1-2H3. The van der Waals surface area contributed by atoms with E-state index in [1.807, 2.05) is 0 Å². The molecule has 1 aromatic carbocycles. The molecule has 0 N–H and O–H groups in total. The summed E-state index contributed by atoms with van der Waals surface area (Å²) in [5, 5.41) is 0. The van der Waals surface area contributed by atoms with Gasteiger partial charge in [0.1, 0.15) is 0 Å². The minimum absolute atomic E-state index is 0.928.